The lowest BCUT2D eigenvalue weighted by Crippen LogP contribution is -2.34. The predicted octanol–water partition coefficient (Wildman–Crippen LogP) is 0.597. The number of benzene rings is 1. The summed E-state index contributed by atoms with van der Waals surface area (Å²) in [5.41, 5.74) is 4.34. The number of nitrogens with zero attached hydrogens (tertiary/aromatic N) is 1. The monoisotopic (exact) mass is 369 g/mol. The molecule has 0 aromatic heterocycles. The van der Waals surface area contributed by atoms with Crippen molar-refractivity contribution < 1.29 is 19.2 Å². The molecule has 0 radical (unpaired) electrons. The zero-order valence-electron chi connectivity index (χ0n) is 8.89. The Bertz CT molecular complexity index is 497. The summed E-state index contributed by atoms with van der Waals surface area (Å²) in [6.45, 7) is -0.337. The maximum Gasteiger partial charge on any atom is 0.293 e. The summed E-state index contributed by atoms with van der Waals surface area (Å²) in [5, 5.41) is 22.3. The summed E-state index contributed by atoms with van der Waals surface area (Å²) in [5.74, 6) is -1.62. The number of aliphatic hydroxyl groups excluding tert-OH is 1. The Labute approximate surface area is 114 Å². The number of carbonyl (C=O) groups excluding carboxylic acids is 1. The summed E-state index contributed by atoms with van der Waals surface area (Å²) < 4.78 is 13.4. The average Bonchev–Trinajstić information content (AvgIpc) is 2.29. The third-order valence-electron chi connectivity index (χ3n) is 2.05. The van der Waals surface area contributed by atoms with Gasteiger partial charge in [-0.25, -0.2) is 4.39 Å². The Kier molecular flexibility index (Phi) is 4.78. The van der Waals surface area contributed by atoms with E-state index in [1.807, 2.05) is 0 Å². The molecule has 1 aromatic rings. The minimum Gasteiger partial charge on any atom is -0.381 e. The molecule has 0 spiro atoms. The van der Waals surface area contributed by atoms with E-state index < -0.39 is 22.8 Å². The molecular weight excluding hydrogens is 360 g/mol. The van der Waals surface area contributed by atoms with Gasteiger partial charge in [0.15, 0.2) is 0 Å². The lowest BCUT2D eigenvalue weighted by molar-refractivity contribution is -0.384. The highest BCUT2D eigenvalue weighted by molar-refractivity contribution is 14.1. The lowest BCUT2D eigenvalue weighted by Gasteiger charge is -2.10. The Balaban J connectivity index is 2.97. The van der Waals surface area contributed by atoms with Crippen molar-refractivity contribution in [2.45, 2.75) is 6.10 Å². The van der Waals surface area contributed by atoms with E-state index in [0.717, 1.165) is 12.1 Å². The number of aliphatic hydroxyl groups is 1. The summed E-state index contributed by atoms with van der Waals surface area (Å²) in [7, 11) is 0. The van der Waals surface area contributed by atoms with E-state index in [-0.39, 0.29) is 21.5 Å². The summed E-state index contributed by atoms with van der Waals surface area (Å²) in [4.78, 5) is 20.6. The Morgan fingerprint density at radius 2 is 2.28 bits per heavy atom. The van der Waals surface area contributed by atoms with Crippen LogP contribution in [0.1, 0.15) is 0 Å². The number of halogens is 2. The van der Waals surface area contributed by atoms with E-state index >= 15 is 0 Å². The number of nitrogens with two attached hydrogens (primary N) is 1. The SMILES string of the molecule is NC(=O)C(O)CNc1cc(F)c(I)cc1[N+](=O)[O-]. The number of carbonyl (C=O) groups is 1. The molecule has 1 aromatic carbocycles. The molecule has 0 heterocycles. The van der Waals surface area contributed by atoms with Crippen LogP contribution in [0.2, 0.25) is 0 Å². The van der Waals surface area contributed by atoms with Gasteiger partial charge in [-0.2, -0.15) is 0 Å². The number of rotatable bonds is 5. The molecule has 0 aliphatic carbocycles. The second-order valence-corrected chi connectivity index (χ2v) is 4.50. The predicted molar refractivity (Wildman–Crippen MR) is 69.5 cm³/mol. The van der Waals surface area contributed by atoms with E-state index in [9.17, 15) is 19.3 Å². The molecule has 98 valence electrons. The molecule has 0 saturated heterocycles. The molecule has 0 saturated carbocycles. The summed E-state index contributed by atoms with van der Waals surface area (Å²) >= 11 is 1.62. The lowest BCUT2D eigenvalue weighted by atomic mass is 10.2. The van der Waals surface area contributed by atoms with Crippen LogP contribution in [0.3, 0.4) is 0 Å². The topological polar surface area (TPSA) is 118 Å². The molecule has 9 heteroatoms. The van der Waals surface area contributed by atoms with Crippen LogP contribution in [0, 0.1) is 19.5 Å². The smallest absolute Gasteiger partial charge is 0.293 e. The van der Waals surface area contributed by atoms with Crippen molar-refractivity contribution in [3.63, 3.8) is 0 Å². The fourth-order valence-electron chi connectivity index (χ4n) is 1.14. The van der Waals surface area contributed by atoms with Crippen molar-refractivity contribution in [3.05, 3.63) is 31.6 Å². The molecule has 1 unspecified atom stereocenters. The molecule has 0 bridgehead atoms. The highest BCUT2D eigenvalue weighted by atomic mass is 127. The van der Waals surface area contributed by atoms with Gasteiger partial charge in [-0.3, -0.25) is 14.9 Å². The summed E-state index contributed by atoms with van der Waals surface area (Å²) in [6, 6.07) is 1.97. The van der Waals surface area contributed by atoms with E-state index in [1.165, 1.54) is 0 Å². The number of anilines is 1. The van der Waals surface area contributed by atoms with Crippen LogP contribution < -0.4 is 11.1 Å². The van der Waals surface area contributed by atoms with Gasteiger partial charge in [-0.1, -0.05) is 0 Å². The molecular formula is C9H9FIN3O4. The van der Waals surface area contributed by atoms with Crippen LogP contribution in [0.25, 0.3) is 0 Å². The molecule has 0 aliphatic heterocycles. The van der Waals surface area contributed by atoms with Gasteiger partial charge >= 0.3 is 0 Å². The Morgan fingerprint density at radius 3 is 2.78 bits per heavy atom. The number of nitrogens with one attached hydrogen (secondary N) is 1. The third-order valence-corrected chi connectivity index (χ3v) is 2.88. The quantitative estimate of drug-likeness (QED) is 0.399. The fraction of sp³-hybridized carbons (Fsp3) is 0.222. The normalized spacial score (nSPS) is 11.9. The molecule has 7 nitrogen and oxygen atoms in total. The van der Waals surface area contributed by atoms with Gasteiger partial charge in [-0.15, -0.1) is 0 Å². The van der Waals surface area contributed by atoms with Gasteiger partial charge in [0.2, 0.25) is 5.91 Å². The number of amides is 1. The van der Waals surface area contributed by atoms with Gasteiger partial charge in [0.1, 0.15) is 17.6 Å². The zero-order chi connectivity index (χ0) is 13.9. The molecule has 1 amide bonds. The van der Waals surface area contributed by atoms with E-state index in [4.69, 9.17) is 10.8 Å². The molecule has 1 rings (SSSR count). The van der Waals surface area contributed by atoms with Crippen LogP contribution in [-0.2, 0) is 4.79 Å². The highest BCUT2D eigenvalue weighted by Gasteiger charge is 2.19. The first-order valence-corrected chi connectivity index (χ1v) is 5.75. The molecule has 4 N–H and O–H groups in total. The third kappa shape index (κ3) is 3.50. The number of hydrogen-bond acceptors (Lipinski definition) is 5. The van der Waals surface area contributed by atoms with Crippen molar-refractivity contribution in [1.29, 1.82) is 0 Å². The average molecular weight is 369 g/mol. The molecule has 0 aliphatic rings. The number of primary amides is 1. The van der Waals surface area contributed by atoms with Gasteiger partial charge in [0, 0.05) is 12.1 Å². The van der Waals surface area contributed by atoms with E-state index in [1.54, 1.807) is 22.6 Å². The van der Waals surface area contributed by atoms with Gasteiger partial charge < -0.3 is 16.2 Å². The van der Waals surface area contributed by atoms with Crippen molar-refractivity contribution in [2.75, 3.05) is 11.9 Å². The van der Waals surface area contributed by atoms with Crippen LogP contribution in [0.4, 0.5) is 15.8 Å². The first-order valence-electron chi connectivity index (χ1n) is 4.67. The van der Waals surface area contributed by atoms with Crippen LogP contribution in [0.5, 0.6) is 0 Å². The van der Waals surface area contributed by atoms with Gasteiger partial charge in [-0.05, 0) is 22.6 Å². The van der Waals surface area contributed by atoms with Gasteiger partial charge in [0.25, 0.3) is 5.69 Å². The Hall–Kier alpha value is -1.49. The molecule has 18 heavy (non-hydrogen) atoms. The number of nitro groups is 1. The van der Waals surface area contributed by atoms with E-state index in [0.29, 0.717) is 0 Å². The second-order valence-electron chi connectivity index (χ2n) is 3.34. The second kappa shape index (κ2) is 5.91. The highest BCUT2D eigenvalue weighted by Crippen LogP contribution is 2.28. The zero-order valence-corrected chi connectivity index (χ0v) is 11.0. The van der Waals surface area contributed by atoms with Crippen molar-refractivity contribution in [3.8, 4) is 0 Å². The Morgan fingerprint density at radius 1 is 1.67 bits per heavy atom. The van der Waals surface area contributed by atoms with E-state index in [2.05, 4.69) is 5.32 Å². The van der Waals surface area contributed by atoms with Crippen LogP contribution in [-0.4, -0.2) is 28.6 Å². The first-order chi connectivity index (χ1) is 8.32. The number of nitro benzene ring substituents is 1. The largest absolute Gasteiger partial charge is 0.381 e. The fourth-order valence-corrected chi connectivity index (χ4v) is 1.59. The van der Waals surface area contributed by atoms with Crippen LogP contribution in [0.15, 0.2) is 12.1 Å². The minimum absolute atomic E-state index is 0.0975. The van der Waals surface area contributed by atoms with Crippen molar-refractivity contribution in [1.82, 2.24) is 0 Å². The standard InChI is InChI=1S/C9H9FIN3O4/c10-4-1-6(13-3-8(15)9(12)16)7(14(17)18)2-5(4)11/h1-2,8,13,15H,3H2,(H2,12,16). The maximum absolute atomic E-state index is 13.3. The molecule has 1 atom stereocenters. The van der Waals surface area contributed by atoms with Crippen molar-refractivity contribution in [2.24, 2.45) is 5.73 Å². The minimum atomic E-state index is -1.51. The summed E-state index contributed by atoms with van der Waals surface area (Å²) in [6.07, 6.45) is -1.51. The maximum atomic E-state index is 13.3. The van der Waals surface area contributed by atoms with Gasteiger partial charge in [0.05, 0.1) is 15.0 Å². The van der Waals surface area contributed by atoms with Crippen molar-refractivity contribution >= 4 is 39.9 Å². The number of hydrogen-bond donors (Lipinski definition) is 3. The molecule has 0 fully saturated rings. The first kappa shape index (κ1) is 14.6. The van der Waals surface area contributed by atoms with Crippen LogP contribution >= 0.6 is 22.6 Å².